The zero-order valence-corrected chi connectivity index (χ0v) is 10.3. The zero-order chi connectivity index (χ0) is 12.0. The molecule has 0 aliphatic heterocycles. The molecule has 1 atom stereocenters. The van der Waals surface area contributed by atoms with Crippen LogP contribution in [0.2, 0.25) is 0 Å². The van der Waals surface area contributed by atoms with Crippen molar-refractivity contribution in [2.45, 2.75) is 6.92 Å². The molecule has 4 heteroatoms. The van der Waals surface area contributed by atoms with Crippen LogP contribution >= 0.6 is 11.8 Å². The molecule has 0 fully saturated rings. The minimum Gasteiger partial charge on any atom is -0.384 e. The lowest BCUT2D eigenvalue weighted by molar-refractivity contribution is 0.623. The number of hydrogen-bond donors (Lipinski definition) is 1. The number of rotatable bonds is 5. The van der Waals surface area contributed by atoms with Gasteiger partial charge in [0.15, 0.2) is 0 Å². The fourth-order valence-electron chi connectivity index (χ4n) is 1.41. The van der Waals surface area contributed by atoms with E-state index in [1.54, 1.807) is 23.9 Å². The lowest BCUT2D eigenvalue weighted by Gasteiger charge is -2.13. The van der Waals surface area contributed by atoms with Crippen LogP contribution in [0.1, 0.15) is 12.5 Å². The Morgan fingerprint density at radius 2 is 2.31 bits per heavy atom. The number of nitrogens with zero attached hydrogens (tertiary/aromatic N) is 1. The van der Waals surface area contributed by atoms with E-state index in [1.807, 2.05) is 6.07 Å². The molecule has 0 aromatic heterocycles. The van der Waals surface area contributed by atoms with Gasteiger partial charge in [0.1, 0.15) is 17.4 Å². The van der Waals surface area contributed by atoms with E-state index in [1.165, 1.54) is 6.07 Å². The van der Waals surface area contributed by atoms with Gasteiger partial charge in [-0.25, -0.2) is 4.39 Å². The monoisotopic (exact) mass is 238 g/mol. The SMILES string of the molecule is CSCC(C)CNc1cccc(F)c1C#N. The topological polar surface area (TPSA) is 35.8 Å². The summed E-state index contributed by atoms with van der Waals surface area (Å²) >= 11 is 1.78. The maximum absolute atomic E-state index is 13.3. The first kappa shape index (κ1) is 12.9. The Hall–Kier alpha value is -1.21. The summed E-state index contributed by atoms with van der Waals surface area (Å²) in [7, 11) is 0. The van der Waals surface area contributed by atoms with Crippen LogP contribution in [0.25, 0.3) is 0 Å². The number of nitriles is 1. The Morgan fingerprint density at radius 1 is 1.56 bits per heavy atom. The van der Waals surface area contributed by atoms with Gasteiger partial charge >= 0.3 is 0 Å². The molecule has 0 heterocycles. The first-order valence-corrected chi connectivity index (χ1v) is 6.49. The quantitative estimate of drug-likeness (QED) is 0.856. The van der Waals surface area contributed by atoms with Gasteiger partial charge in [-0.05, 0) is 30.1 Å². The van der Waals surface area contributed by atoms with Crippen LogP contribution in [-0.4, -0.2) is 18.6 Å². The molecule has 0 radical (unpaired) electrons. The van der Waals surface area contributed by atoms with Crippen LogP contribution in [0, 0.1) is 23.1 Å². The van der Waals surface area contributed by atoms with Gasteiger partial charge in [0, 0.05) is 6.54 Å². The Labute approximate surface area is 99.9 Å². The summed E-state index contributed by atoms with van der Waals surface area (Å²) in [5, 5.41) is 11.9. The lowest BCUT2D eigenvalue weighted by Crippen LogP contribution is -2.14. The van der Waals surface area contributed by atoms with Gasteiger partial charge in [-0.2, -0.15) is 17.0 Å². The van der Waals surface area contributed by atoms with Crippen LogP contribution in [-0.2, 0) is 0 Å². The Kier molecular flexibility index (Phi) is 5.13. The second kappa shape index (κ2) is 6.39. The lowest BCUT2D eigenvalue weighted by atomic mass is 10.1. The highest BCUT2D eigenvalue weighted by molar-refractivity contribution is 7.98. The Bertz CT molecular complexity index is 387. The highest BCUT2D eigenvalue weighted by atomic mass is 32.2. The standard InChI is InChI=1S/C12H15FN2S/c1-9(8-16-2)7-15-12-5-3-4-11(13)10(12)6-14/h3-5,9,15H,7-8H2,1-2H3. The van der Waals surface area contributed by atoms with E-state index >= 15 is 0 Å². The largest absolute Gasteiger partial charge is 0.384 e. The second-order valence-electron chi connectivity index (χ2n) is 3.72. The third-order valence-electron chi connectivity index (χ3n) is 2.22. The van der Waals surface area contributed by atoms with Crippen molar-refractivity contribution < 1.29 is 4.39 Å². The minimum absolute atomic E-state index is 0.0962. The van der Waals surface area contributed by atoms with E-state index in [0.717, 1.165) is 12.3 Å². The molecule has 1 aromatic carbocycles. The number of hydrogen-bond acceptors (Lipinski definition) is 3. The van der Waals surface area contributed by atoms with Crippen molar-refractivity contribution in [3.63, 3.8) is 0 Å². The van der Waals surface area contributed by atoms with E-state index in [2.05, 4.69) is 18.5 Å². The summed E-state index contributed by atoms with van der Waals surface area (Å²) < 4.78 is 13.3. The predicted molar refractivity (Wildman–Crippen MR) is 67.2 cm³/mol. The van der Waals surface area contributed by atoms with Gasteiger partial charge in [0.2, 0.25) is 0 Å². The van der Waals surface area contributed by atoms with Crippen LogP contribution < -0.4 is 5.32 Å². The van der Waals surface area contributed by atoms with E-state index in [-0.39, 0.29) is 5.56 Å². The van der Waals surface area contributed by atoms with Crippen LogP contribution in [0.4, 0.5) is 10.1 Å². The molecular formula is C12H15FN2S. The Morgan fingerprint density at radius 3 is 2.94 bits per heavy atom. The highest BCUT2D eigenvalue weighted by Crippen LogP contribution is 2.18. The summed E-state index contributed by atoms with van der Waals surface area (Å²) in [6.07, 6.45) is 2.05. The molecule has 16 heavy (non-hydrogen) atoms. The van der Waals surface area contributed by atoms with E-state index in [4.69, 9.17) is 5.26 Å². The molecule has 1 aromatic rings. The van der Waals surface area contributed by atoms with Crippen molar-refractivity contribution in [3.05, 3.63) is 29.6 Å². The molecule has 0 amide bonds. The highest BCUT2D eigenvalue weighted by Gasteiger charge is 2.08. The van der Waals surface area contributed by atoms with Crippen molar-refractivity contribution in [1.29, 1.82) is 5.26 Å². The third-order valence-corrected chi connectivity index (χ3v) is 3.12. The minimum atomic E-state index is -0.468. The van der Waals surface area contributed by atoms with Gasteiger partial charge in [-0.15, -0.1) is 0 Å². The van der Waals surface area contributed by atoms with Gasteiger partial charge in [-0.1, -0.05) is 13.0 Å². The summed E-state index contributed by atoms with van der Waals surface area (Å²) in [6.45, 7) is 2.87. The molecule has 1 unspecified atom stereocenters. The van der Waals surface area contributed by atoms with Crippen molar-refractivity contribution in [3.8, 4) is 6.07 Å². The van der Waals surface area contributed by atoms with Crippen LogP contribution in [0.15, 0.2) is 18.2 Å². The number of anilines is 1. The molecule has 0 bridgehead atoms. The first-order chi connectivity index (χ1) is 7.69. The van der Waals surface area contributed by atoms with E-state index < -0.39 is 5.82 Å². The fourth-order valence-corrected chi connectivity index (χ4v) is 2.10. The molecule has 0 saturated heterocycles. The molecule has 1 N–H and O–H groups in total. The van der Waals surface area contributed by atoms with Gasteiger partial charge < -0.3 is 5.32 Å². The summed E-state index contributed by atoms with van der Waals surface area (Å²) in [4.78, 5) is 0. The average molecular weight is 238 g/mol. The molecule has 0 aliphatic carbocycles. The second-order valence-corrected chi connectivity index (χ2v) is 4.63. The van der Waals surface area contributed by atoms with Crippen molar-refractivity contribution in [2.24, 2.45) is 5.92 Å². The number of benzene rings is 1. The van der Waals surface area contributed by atoms with Crippen molar-refractivity contribution in [2.75, 3.05) is 23.9 Å². The molecule has 0 saturated carbocycles. The summed E-state index contributed by atoms with van der Waals surface area (Å²) in [5.41, 5.74) is 0.675. The van der Waals surface area contributed by atoms with E-state index in [9.17, 15) is 4.39 Å². The Balaban J connectivity index is 2.67. The van der Waals surface area contributed by atoms with Crippen molar-refractivity contribution in [1.82, 2.24) is 0 Å². The van der Waals surface area contributed by atoms with Crippen LogP contribution in [0.5, 0.6) is 0 Å². The molecule has 0 aliphatic rings. The number of thioether (sulfide) groups is 1. The maximum Gasteiger partial charge on any atom is 0.143 e. The third kappa shape index (κ3) is 3.42. The molecule has 2 nitrogen and oxygen atoms in total. The fraction of sp³-hybridized carbons (Fsp3) is 0.417. The first-order valence-electron chi connectivity index (χ1n) is 5.10. The smallest absolute Gasteiger partial charge is 0.143 e. The molecular weight excluding hydrogens is 223 g/mol. The van der Waals surface area contributed by atoms with Gasteiger partial charge in [0.05, 0.1) is 5.69 Å². The molecule has 0 spiro atoms. The normalized spacial score (nSPS) is 11.9. The van der Waals surface area contributed by atoms with Gasteiger partial charge in [-0.3, -0.25) is 0 Å². The number of halogens is 1. The number of nitrogens with one attached hydrogen (secondary N) is 1. The van der Waals surface area contributed by atoms with Gasteiger partial charge in [0.25, 0.3) is 0 Å². The van der Waals surface area contributed by atoms with Crippen LogP contribution in [0.3, 0.4) is 0 Å². The van der Waals surface area contributed by atoms with Crippen molar-refractivity contribution >= 4 is 17.4 Å². The summed E-state index contributed by atoms with van der Waals surface area (Å²) in [5.74, 6) is 1.07. The van der Waals surface area contributed by atoms with E-state index in [0.29, 0.717) is 11.6 Å². The maximum atomic E-state index is 13.3. The predicted octanol–water partition coefficient (Wildman–Crippen LogP) is 3.11. The zero-order valence-electron chi connectivity index (χ0n) is 9.46. The summed E-state index contributed by atoms with van der Waals surface area (Å²) in [6, 6.07) is 6.52. The average Bonchev–Trinajstić information content (AvgIpc) is 2.27. The molecule has 86 valence electrons. The molecule has 1 rings (SSSR count).